The molecule has 4 aliphatic rings. The lowest BCUT2D eigenvalue weighted by molar-refractivity contribution is 0.590. The Bertz CT molecular complexity index is 3250. The highest BCUT2D eigenvalue weighted by molar-refractivity contribution is 7.03. The molecule has 0 N–H and O–H groups in total. The zero-order valence-electron chi connectivity index (χ0n) is 38.9. The fourth-order valence-electron chi connectivity index (χ4n) is 11.9. The number of hydrogen-bond acceptors (Lipinski definition) is 2. The van der Waals surface area contributed by atoms with Crippen molar-refractivity contribution in [2.24, 2.45) is 0 Å². The highest BCUT2D eigenvalue weighted by Crippen LogP contribution is 2.52. The lowest BCUT2D eigenvalue weighted by Crippen LogP contribution is -2.69. The van der Waals surface area contributed by atoms with Crippen LogP contribution in [0, 0.1) is 0 Å². The average Bonchev–Trinajstić information content (AvgIpc) is 3.59. The van der Waals surface area contributed by atoms with Gasteiger partial charge in [-0.3, -0.25) is 0 Å². The monoisotopic (exact) mass is 817 g/mol. The summed E-state index contributed by atoms with van der Waals surface area (Å²) in [6.45, 7) is 25.8. The van der Waals surface area contributed by atoms with E-state index in [-0.39, 0.29) is 19.0 Å². The van der Waals surface area contributed by atoms with Gasteiger partial charge in [-0.05, 0) is 146 Å². The van der Waals surface area contributed by atoms with Crippen molar-refractivity contribution in [3.05, 3.63) is 144 Å². The van der Waals surface area contributed by atoms with Gasteiger partial charge in [-0.25, -0.2) is 0 Å². The third-order valence-electron chi connectivity index (χ3n) is 15.2. The number of aromatic nitrogens is 1. The highest BCUT2D eigenvalue weighted by Gasteiger charge is 2.52. The molecule has 1 aromatic heterocycles. The maximum Gasteiger partial charge on any atom is 0.329 e. The van der Waals surface area contributed by atoms with Crippen LogP contribution in [0.2, 0.25) is 0 Å². The Labute approximate surface area is 375 Å². The second kappa shape index (κ2) is 13.3. The van der Waals surface area contributed by atoms with Crippen molar-refractivity contribution >= 4 is 91.1 Å². The van der Waals surface area contributed by atoms with Crippen LogP contribution in [0.3, 0.4) is 0 Å². The molecule has 3 nitrogen and oxygen atoms in total. The first kappa shape index (κ1) is 38.7. The summed E-state index contributed by atoms with van der Waals surface area (Å²) >= 11 is 0. The molecule has 7 aromatic carbocycles. The molecule has 0 fully saturated rings. The zero-order chi connectivity index (χ0) is 43.5. The number of anilines is 5. The molecule has 63 heavy (non-hydrogen) atoms. The molecule has 5 heterocycles. The van der Waals surface area contributed by atoms with Gasteiger partial charge in [-0.15, -0.1) is 0 Å². The Hall–Kier alpha value is -5.93. The summed E-state index contributed by atoms with van der Waals surface area (Å²) in [6.07, 6.45) is 0. The van der Waals surface area contributed by atoms with Gasteiger partial charge in [0.05, 0.1) is 0 Å². The van der Waals surface area contributed by atoms with Gasteiger partial charge in [-0.1, -0.05) is 135 Å². The van der Waals surface area contributed by atoms with Crippen molar-refractivity contribution < 1.29 is 0 Å². The molecule has 5 heteroatoms. The zero-order valence-corrected chi connectivity index (χ0v) is 38.9. The van der Waals surface area contributed by atoms with Crippen molar-refractivity contribution in [2.75, 3.05) is 9.71 Å². The molecule has 0 aliphatic carbocycles. The van der Waals surface area contributed by atoms with Gasteiger partial charge in [-0.2, -0.15) is 0 Å². The summed E-state index contributed by atoms with van der Waals surface area (Å²) in [6, 6.07) is 48.9. The number of fused-ring (bicyclic) bond motifs is 12. The maximum atomic E-state index is 2.83. The van der Waals surface area contributed by atoms with Crippen LogP contribution in [-0.4, -0.2) is 18.1 Å². The first-order valence-corrected chi connectivity index (χ1v) is 23.6. The van der Waals surface area contributed by atoms with Crippen LogP contribution in [0.1, 0.15) is 122 Å². The molecule has 0 spiro atoms. The molecule has 12 rings (SSSR count). The first-order chi connectivity index (χ1) is 30.2. The Kier molecular flexibility index (Phi) is 8.17. The Morgan fingerprint density at radius 3 is 1.81 bits per heavy atom. The smallest absolute Gasteiger partial charge is 0.329 e. The number of hydrogen-bond donors (Lipinski definition) is 0. The number of nitrogens with zero attached hydrogens (tertiary/aromatic N) is 3. The summed E-state index contributed by atoms with van der Waals surface area (Å²) in [5, 5.41) is 2.68. The van der Waals surface area contributed by atoms with E-state index >= 15 is 0 Å². The normalized spacial score (nSPS) is 14.4. The van der Waals surface area contributed by atoms with Gasteiger partial charge in [0.25, 0.3) is 6.71 Å². The Morgan fingerprint density at radius 1 is 0.476 bits per heavy atom. The van der Waals surface area contributed by atoms with Gasteiger partial charge in [0.2, 0.25) is 0 Å². The minimum Gasteiger partial charge on any atom is -0.377 e. The molecule has 0 unspecified atom stereocenters. The second-order valence-electron chi connectivity index (χ2n) is 21.3. The van der Waals surface area contributed by atoms with Crippen molar-refractivity contribution in [1.29, 1.82) is 0 Å². The predicted octanol–water partition coefficient (Wildman–Crippen LogP) is 12.6. The van der Waals surface area contributed by atoms with Gasteiger partial charge >= 0.3 is 6.85 Å². The topological polar surface area (TPSA) is 11.4 Å². The van der Waals surface area contributed by atoms with Crippen molar-refractivity contribution in [3.63, 3.8) is 0 Å². The highest BCUT2D eigenvalue weighted by atomic mass is 15.2. The van der Waals surface area contributed by atoms with Gasteiger partial charge < -0.3 is 14.3 Å². The molecule has 0 saturated heterocycles. The predicted molar refractivity (Wildman–Crippen MR) is 275 cm³/mol. The van der Waals surface area contributed by atoms with Crippen molar-refractivity contribution in [3.8, 4) is 22.3 Å². The molecule has 4 aliphatic heterocycles. The molecule has 0 radical (unpaired) electrons. The quantitative estimate of drug-likeness (QED) is 0.160. The van der Waals surface area contributed by atoms with Crippen molar-refractivity contribution in [1.82, 2.24) is 4.57 Å². The van der Waals surface area contributed by atoms with E-state index in [1.807, 2.05) is 0 Å². The summed E-state index contributed by atoms with van der Waals surface area (Å²) in [7, 11) is 0. The largest absolute Gasteiger partial charge is 0.377 e. The molecule has 0 bridgehead atoms. The van der Waals surface area contributed by atoms with Crippen LogP contribution >= 0.6 is 0 Å². The lowest BCUT2D eigenvalue weighted by Gasteiger charge is -2.52. The Morgan fingerprint density at radius 2 is 1.11 bits per heavy atom. The molecule has 0 amide bonds. The van der Waals surface area contributed by atoms with Crippen molar-refractivity contribution in [2.45, 2.75) is 105 Å². The third kappa shape index (κ3) is 5.29. The fraction of sp³-hybridized carbons (Fsp3) is 0.276. The van der Waals surface area contributed by atoms with E-state index in [0.717, 1.165) is 0 Å². The number of rotatable bonds is 5. The lowest BCUT2D eigenvalue weighted by atomic mass is 9.30. The summed E-state index contributed by atoms with van der Waals surface area (Å²) in [5.74, 6) is 1.19. The summed E-state index contributed by atoms with van der Waals surface area (Å²) in [5.41, 5.74) is 27.4. The van der Waals surface area contributed by atoms with Gasteiger partial charge in [0, 0.05) is 67.4 Å². The molecule has 8 aromatic rings. The van der Waals surface area contributed by atoms with E-state index in [1.165, 1.54) is 122 Å². The van der Waals surface area contributed by atoms with Crippen LogP contribution < -0.4 is 37.0 Å². The number of para-hydroxylation sites is 1. The van der Waals surface area contributed by atoms with Gasteiger partial charge in [0.1, 0.15) is 0 Å². The van der Waals surface area contributed by atoms with E-state index in [9.17, 15) is 0 Å². The van der Waals surface area contributed by atoms with Crippen LogP contribution in [0.25, 0.3) is 44.1 Å². The molecule has 0 atom stereocenters. The SMILES string of the molecule is CC(C)c1ccc2c(c1)B1c3cc4c(cc3-c3cc(C(C)C)cc5c3N1c1c-2ccc2c1B5c1cc(C(C)C)ccc1N2c1ccc(C(C)(C)C)cc1)c1ccccc1n4C(C)C. The van der Waals surface area contributed by atoms with Crippen LogP contribution in [-0.2, 0) is 5.41 Å². The van der Waals surface area contributed by atoms with E-state index in [1.54, 1.807) is 0 Å². The molecular formula is C58H57B2N3. The maximum absolute atomic E-state index is 2.83. The third-order valence-corrected chi connectivity index (χ3v) is 15.2. The fourth-order valence-corrected chi connectivity index (χ4v) is 11.9. The molecule has 310 valence electrons. The van der Waals surface area contributed by atoms with Crippen LogP contribution in [0.4, 0.5) is 28.4 Å². The van der Waals surface area contributed by atoms with E-state index < -0.39 is 0 Å². The van der Waals surface area contributed by atoms with E-state index in [0.29, 0.717) is 23.8 Å². The summed E-state index contributed by atoms with van der Waals surface area (Å²) < 4.78 is 2.58. The van der Waals surface area contributed by atoms with Crippen LogP contribution in [0.15, 0.2) is 121 Å². The number of benzene rings is 7. The minimum atomic E-state index is 0.00994. The first-order valence-electron chi connectivity index (χ1n) is 23.6. The Balaban J connectivity index is 1.25. The molecular weight excluding hydrogens is 760 g/mol. The second-order valence-corrected chi connectivity index (χ2v) is 21.3. The molecule has 0 saturated carbocycles. The van der Waals surface area contributed by atoms with E-state index in [2.05, 4.69) is 212 Å². The van der Waals surface area contributed by atoms with Crippen LogP contribution in [0.5, 0.6) is 0 Å². The minimum absolute atomic E-state index is 0.00994. The summed E-state index contributed by atoms with van der Waals surface area (Å²) in [4.78, 5) is 5.42. The average molecular weight is 818 g/mol. The standard InChI is InChI=1S/C58H57B2N3/c1-32(2)36-16-22-41-43-23-25-53-55-57(43)63-56-46(44-30-45-42-14-12-13-15-51(42)61(35(7)8)54(45)31-48(44)60(63)47(41)27-36)26-38(34(5)6)29-50(56)59(55)49-28-37(33(3)4)17-24-52(49)62(53)40-20-18-39(19-21-40)58(9,10)11/h12-35H,1-11H3. The van der Waals surface area contributed by atoms with Gasteiger partial charge in [0.15, 0.2) is 0 Å². The van der Waals surface area contributed by atoms with E-state index in [4.69, 9.17) is 0 Å².